The lowest BCUT2D eigenvalue weighted by molar-refractivity contribution is -0.0319. The summed E-state index contributed by atoms with van der Waals surface area (Å²) in [5.41, 5.74) is 5.85. The molecule has 0 spiro atoms. The summed E-state index contributed by atoms with van der Waals surface area (Å²) in [6.45, 7) is 11.3. The first-order valence-electron chi connectivity index (χ1n) is 15.6. The number of amides is 1. The van der Waals surface area contributed by atoms with Crippen molar-refractivity contribution in [2.45, 2.75) is 39.4 Å². The molecule has 0 saturated carbocycles. The number of aromatic nitrogens is 5. The van der Waals surface area contributed by atoms with Gasteiger partial charge in [0.05, 0.1) is 35.6 Å². The van der Waals surface area contributed by atoms with Crippen LogP contribution >= 0.6 is 0 Å². The Morgan fingerprint density at radius 1 is 0.957 bits per heavy atom. The molecule has 2 aliphatic heterocycles. The van der Waals surface area contributed by atoms with E-state index in [9.17, 15) is 15.2 Å². The zero-order valence-electron chi connectivity index (χ0n) is 26.3. The van der Waals surface area contributed by atoms with Gasteiger partial charge in [0.25, 0.3) is 0 Å². The first-order valence-corrected chi connectivity index (χ1v) is 15.6. The van der Waals surface area contributed by atoms with Crippen LogP contribution in [-0.2, 0) is 6.54 Å². The van der Waals surface area contributed by atoms with Gasteiger partial charge in [0.15, 0.2) is 0 Å². The Hall–Kier alpha value is -5.21. The second kappa shape index (κ2) is 11.6. The predicted octanol–water partition coefficient (Wildman–Crippen LogP) is 5.40. The molecule has 0 radical (unpaired) electrons. The van der Waals surface area contributed by atoms with E-state index < -0.39 is 6.09 Å². The molecule has 0 bridgehead atoms. The minimum Gasteiger partial charge on any atom is -0.465 e. The summed E-state index contributed by atoms with van der Waals surface area (Å²) in [7, 11) is 0. The molecule has 2 unspecified atom stereocenters. The number of carboxylic acid groups (broad SMARTS) is 1. The van der Waals surface area contributed by atoms with Crippen molar-refractivity contribution in [3.8, 4) is 28.3 Å². The molecule has 2 aliphatic rings. The molecule has 1 N–H and O–H groups in total. The van der Waals surface area contributed by atoms with Crippen molar-refractivity contribution < 1.29 is 9.90 Å². The quantitative estimate of drug-likeness (QED) is 0.270. The van der Waals surface area contributed by atoms with Gasteiger partial charge >= 0.3 is 6.09 Å². The molecule has 1 amide bonds. The van der Waals surface area contributed by atoms with Crippen LogP contribution in [0.1, 0.15) is 37.9 Å². The molecule has 6 heterocycles. The van der Waals surface area contributed by atoms with Gasteiger partial charge in [-0.15, -0.1) is 0 Å². The number of likely N-dealkylation sites (tertiary alicyclic amines) is 1. The second-order valence-corrected chi connectivity index (χ2v) is 13.3. The van der Waals surface area contributed by atoms with E-state index in [0.717, 1.165) is 66.3 Å². The molecule has 2 atom stereocenters. The molecule has 2 saturated heterocycles. The molecule has 46 heavy (non-hydrogen) atoms. The van der Waals surface area contributed by atoms with E-state index in [4.69, 9.17) is 4.98 Å². The molecule has 234 valence electrons. The molecule has 11 nitrogen and oxygen atoms in total. The topological polar surface area (TPSA) is 119 Å². The molecule has 0 aliphatic carbocycles. The number of anilines is 1. The van der Waals surface area contributed by atoms with Gasteiger partial charge in [-0.1, -0.05) is 51.1 Å². The van der Waals surface area contributed by atoms with Crippen LogP contribution in [0.25, 0.3) is 27.8 Å². The van der Waals surface area contributed by atoms with Crippen LogP contribution in [-0.4, -0.2) is 84.1 Å². The van der Waals surface area contributed by atoms with Crippen LogP contribution in [0.2, 0.25) is 0 Å². The summed E-state index contributed by atoms with van der Waals surface area (Å²) in [5.74, 6) is 0.940. The van der Waals surface area contributed by atoms with E-state index in [1.807, 2.05) is 29.5 Å². The average molecular weight is 616 g/mol. The van der Waals surface area contributed by atoms with Gasteiger partial charge in [0.1, 0.15) is 11.9 Å². The number of hydrogen-bond donors (Lipinski definition) is 1. The summed E-state index contributed by atoms with van der Waals surface area (Å²) >= 11 is 0. The minimum atomic E-state index is -0.907. The van der Waals surface area contributed by atoms with Crippen molar-refractivity contribution in [2.75, 3.05) is 37.6 Å². The summed E-state index contributed by atoms with van der Waals surface area (Å²) in [6.07, 6.45) is 8.25. The molecule has 11 heteroatoms. The maximum atomic E-state index is 11.8. The van der Waals surface area contributed by atoms with Gasteiger partial charge in [-0.2, -0.15) is 15.5 Å². The first-order chi connectivity index (χ1) is 22.2. The highest BCUT2D eigenvalue weighted by Crippen LogP contribution is 2.41. The smallest absolute Gasteiger partial charge is 0.407 e. The van der Waals surface area contributed by atoms with E-state index in [1.54, 1.807) is 10.7 Å². The van der Waals surface area contributed by atoms with E-state index in [1.165, 1.54) is 10.5 Å². The summed E-state index contributed by atoms with van der Waals surface area (Å²) in [4.78, 5) is 23.0. The third-order valence-corrected chi connectivity index (χ3v) is 9.23. The number of benzene rings is 1. The van der Waals surface area contributed by atoms with Crippen molar-refractivity contribution in [1.82, 2.24) is 34.2 Å². The lowest BCUT2D eigenvalue weighted by atomic mass is 9.76. The molecule has 4 aromatic heterocycles. The van der Waals surface area contributed by atoms with Gasteiger partial charge < -0.3 is 14.9 Å². The lowest BCUT2D eigenvalue weighted by Gasteiger charge is -2.52. The predicted molar refractivity (Wildman–Crippen MR) is 175 cm³/mol. The molecular weight excluding hydrogens is 578 g/mol. The van der Waals surface area contributed by atoms with E-state index in [0.29, 0.717) is 12.1 Å². The fourth-order valence-electron chi connectivity index (χ4n) is 6.91. The number of hydrogen-bond acceptors (Lipinski definition) is 7. The maximum absolute atomic E-state index is 11.8. The first kappa shape index (κ1) is 29.5. The van der Waals surface area contributed by atoms with Crippen molar-refractivity contribution in [3.63, 3.8) is 0 Å². The highest BCUT2D eigenvalue weighted by atomic mass is 16.4. The normalized spacial score (nSPS) is 18.8. The largest absolute Gasteiger partial charge is 0.465 e. The number of piperazine rings is 1. The summed E-state index contributed by atoms with van der Waals surface area (Å²) < 4.78 is 3.63. The van der Waals surface area contributed by atoms with Gasteiger partial charge in [-0.25, -0.2) is 14.3 Å². The highest BCUT2D eigenvalue weighted by Gasteiger charge is 2.49. The van der Waals surface area contributed by atoms with Crippen LogP contribution < -0.4 is 4.90 Å². The van der Waals surface area contributed by atoms with Crippen LogP contribution in [0.5, 0.6) is 0 Å². The van der Waals surface area contributed by atoms with Gasteiger partial charge in [-0.3, -0.25) is 9.58 Å². The Morgan fingerprint density at radius 2 is 1.74 bits per heavy atom. The molecule has 1 aromatic carbocycles. The number of rotatable bonds is 6. The third-order valence-electron chi connectivity index (χ3n) is 9.23. The van der Waals surface area contributed by atoms with E-state index in [-0.39, 0.29) is 17.5 Å². The van der Waals surface area contributed by atoms with Crippen molar-refractivity contribution in [2.24, 2.45) is 5.41 Å². The number of fused-ring (bicyclic) bond motifs is 1. The number of pyridine rings is 2. The summed E-state index contributed by atoms with van der Waals surface area (Å²) in [5, 5.41) is 28.7. The standard InChI is InChI=1S/C35H37N9O2/c1-35(2,3)33-30(23-42(33)34(45)46)43-22-28(19-38-43)26-15-29(32-27(16-36)18-39-44(32)21-26)25-9-10-31(37-17-25)41-13-11-40(12-14-41)20-24-7-5-4-6-8-24/h4-10,15,17-19,21-22,30,33H,11-14,20,23H2,1-3H3,(H,45,46). The van der Waals surface area contributed by atoms with Crippen LogP contribution in [0.3, 0.4) is 0 Å². The van der Waals surface area contributed by atoms with Gasteiger partial charge in [0.2, 0.25) is 0 Å². The van der Waals surface area contributed by atoms with Crippen LogP contribution in [0, 0.1) is 16.7 Å². The monoisotopic (exact) mass is 615 g/mol. The summed E-state index contributed by atoms with van der Waals surface area (Å²) in [6, 6.07) is 18.8. The lowest BCUT2D eigenvalue weighted by Crippen LogP contribution is -2.63. The number of nitrogens with zero attached hydrogens (tertiary/aromatic N) is 9. The van der Waals surface area contributed by atoms with Gasteiger partial charge in [0, 0.05) is 80.1 Å². The Balaban J connectivity index is 1.14. The van der Waals surface area contributed by atoms with Crippen molar-refractivity contribution in [3.05, 3.63) is 90.6 Å². The Kier molecular flexibility index (Phi) is 7.45. The Labute approximate surface area is 267 Å². The van der Waals surface area contributed by atoms with Gasteiger partial charge in [-0.05, 0) is 29.2 Å². The SMILES string of the molecule is CC(C)(C)C1C(n2cc(-c3cc(-c4ccc(N5CCN(Cc6ccccc6)CC5)nc4)c4c(C#N)cnn4c3)cn2)CN1C(=O)O. The fraction of sp³-hybridized carbons (Fsp3) is 0.343. The van der Waals surface area contributed by atoms with Crippen molar-refractivity contribution >= 4 is 17.4 Å². The van der Waals surface area contributed by atoms with E-state index in [2.05, 4.69) is 95.4 Å². The second-order valence-electron chi connectivity index (χ2n) is 13.3. The Morgan fingerprint density at radius 3 is 2.41 bits per heavy atom. The zero-order valence-corrected chi connectivity index (χ0v) is 26.3. The minimum absolute atomic E-state index is 0.0557. The number of carbonyl (C=O) groups is 1. The average Bonchev–Trinajstić information content (AvgIpc) is 3.68. The third kappa shape index (κ3) is 5.45. The number of nitriles is 1. The molecule has 5 aromatic rings. The highest BCUT2D eigenvalue weighted by molar-refractivity contribution is 5.87. The van der Waals surface area contributed by atoms with Crippen molar-refractivity contribution in [1.29, 1.82) is 5.26 Å². The Bertz CT molecular complexity index is 1910. The molecular formula is C35H37N9O2. The zero-order chi connectivity index (χ0) is 32.0. The van der Waals surface area contributed by atoms with Crippen LogP contribution in [0.15, 0.2) is 79.5 Å². The van der Waals surface area contributed by atoms with E-state index >= 15 is 0 Å². The molecule has 2 fully saturated rings. The fourth-order valence-corrected chi connectivity index (χ4v) is 6.91. The molecule has 7 rings (SSSR count). The maximum Gasteiger partial charge on any atom is 0.407 e. The van der Waals surface area contributed by atoms with Crippen LogP contribution in [0.4, 0.5) is 10.6 Å².